The van der Waals surface area contributed by atoms with Gasteiger partial charge in [0.2, 0.25) is 5.91 Å². The third kappa shape index (κ3) is 6.19. The number of piperazine rings is 1. The van der Waals surface area contributed by atoms with E-state index in [1.54, 1.807) is 49.9 Å². The quantitative estimate of drug-likeness (QED) is 0.412. The van der Waals surface area contributed by atoms with Crippen LogP contribution < -0.4 is 9.84 Å². The fourth-order valence-corrected chi connectivity index (χ4v) is 5.54. The molecule has 3 atom stereocenters. The van der Waals surface area contributed by atoms with E-state index in [2.05, 4.69) is 0 Å². The number of carboxylic acid groups (broad SMARTS) is 1. The third-order valence-electron chi connectivity index (χ3n) is 8.16. The lowest BCUT2D eigenvalue weighted by Gasteiger charge is -2.54. The van der Waals surface area contributed by atoms with E-state index in [0.717, 1.165) is 22.6 Å². The van der Waals surface area contributed by atoms with Gasteiger partial charge in [-0.2, -0.15) is 0 Å². The van der Waals surface area contributed by atoms with Gasteiger partial charge in [-0.05, 0) is 51.0 Å². The molecule has 0 N–H and O–H groups in total. The summed E-state index contributed by atoms with van der Waals surface area (Å²) in [6, 6.07) is 10.7. The van der Waals surface area contributed by atoms with E-state index >= 15 is 0 Å². The van der Waals surface area contributed by atoms with Gasteiger partial charge in [-0.15, -0.1) is 0 Å². The van der Waals surface area contributed by atoms with E-state index in [0.29, 0.717) is 0 Å². The molecule has 1 saturated heterocycles. The highest BCUT2D eigenvalue weighted by atomic mass is 19.1. The standard InChI is InChI=1S/C30H36FN3O7/c1-30(2,3)34(29(38)39)15-14-33-22(17-34)19-40-25-12-10-21(31)16-23(25)27(36)32(4)24(11-13-26(33)35)28(37)41-18-20-8-6-5-7-9-20/h5-10,12,16,22,24H,11,13-15,17-19H2,1-4H3/t22-,24-,34?/m0/s1. The molecule has 0 aromatic heterocycles. The van der Waals surface area contributed by atoms with Crippen LogP contribution in [0.5, 0.6) is 5.75 Å². The van der Waals surface area contributed by atoms with Crippen LogP contribution in [0.2, 0.25) is 0 Å². The van der Waals surface area contributed by atoms with Crippen molar-refractivity contribution in [1.82, 2.24) is 9.80 Å². The number of fused-ring (bicyclic) bond motifs is 2. The summed E-state index contributed by atoms with van der Waals surface area (Å²) in [6.45, 7) is 5.55. The zero-order chi connectivity index (χ0) is 29.9. The molecule has 41 heavy (non-hydrogen) atoms. The second kappa shape index (κ2) is 11.9. The molecule has 0 radical (unpaired) electrons. The van der Waals surface area contributed by atoms with Crippen molar-refractivity contribution in [3.05, 3.63) is 65.5 Å². The average Bonchev–Trinajstić information content (AvgIpc) is 2.94. The summed E-state index contributed by atoms with van der Waals surface area (Å²) in [6.07, 6.45) is -1.39. The first-order valence-electron chi connectivity index (χ1n) is 13.6. The Labute approximate surface area is 238 Å². The predicted molar refractivity (Wildman–Crippen MR) is 144 cm³/mol. The van der Waals surface area contributed by atoms with Crippen LogP contribution in [0.3, 0.4) is 0 Å². The monoisotopic (exact) mass is 569 g/mol. The topological polar surface area (TPSA) is 116 Å². The van der Waals surface area contributed by atoms with Crippen molar-refractivity contribution < 1.29 is 42.6 Å². The SMILES string of the molecule is CN1C(=O)c2cc(F)ccc2OC[C@@H]2C[N+](C(=O)[O-])(C(C)(C)C)CCN2C(=O)CC[C@H]1C(=O)OCc1ccccc1. The largest absolute Gasteiger partial charge is 0.498 e. The van der Waals surface area contributed by atoms with E-state index in [-0.39, 0.29) is 62.9 Å². The molecule has 0 saturated carbocycles. The lowest BCUT2D eigenvalue weighted by Crippen LogP contribution is -2.76. The van der Waals surface area contributed by atoms with Crippen LogP contribution in [0.25, 0.3) is 0 Å². The Morgan fingerprint density at radius 3 is 2.51 bits per heavy atom. The molecule has 0 aliphatic carbocycles. The molecule has 11 heteroatoms. The summed E-state index contributed by atoms with van der Waals surface area (Å²) < 4.78 is 25.4. The molecular weight excluding hydrogens is 533 g/mol. The number of esters is 1. The summed E-state index contributed by atoms with van der Waals surface area (Å²) in [7, 11) is 1.40. The highest BCUT2D eigenvalue weighted by Gasteiger charge is 2.50. The summed E-state index contributed by atoms with van der Waals surface area (Å²) in [5.41, 5.74) is -0.0751. The highest BCUT2D eigenvalue weighted by molar-refractivity contribution is 5.99. The minimum Gasteiger partial charge on any atom is -0.498 e. The third-order valence-corrected chi connectivity index (χ3v) is 8.16. The lowest BCUT2D eigenvalue weighted by molar-refractivity contribution is -0.925. The Morgan fingerprint density at radius 2 is 1.85 bits per heavy atom. The van der Waals surface area contributed by atoms with Crippen LogP contribution in [-0.4, -0.2) is 89.1 Å². The van der Waals surface area contributed by atoms with Crippen molar-refractivity contribution >= 4 is 23.9 Å². The number of quaternary nitrogens is 1. The first-order chi connectivity index (χ1) is 19.3. The molecule has 4 rings (SSSR count). The molecule has 2 aromatic carbocycles. The summed E-state index contributed by atoms with van der Waals surface area (Å²) in [4.78, 5) is 55.5. The first-order valence-corrected chi connectivity index (χ1v) is 13.6. The fraction of sp³-hybridized carbons (Fsp3) is 0.467. The number of rotatable bonds is 3. The Kier molecular flexibility index (Phi) is 8.67. The molecule has 3 amide bonds. The average molecular weight is 570 g/mol. The lowest BCUT2D eigenvalue weighted by atomic mass is 9.96. The van der Waals surface area contributed by atoms with Gasteiger partial charge in [0, 0.05) is 13.5 Å². The van der Waals surface area contributed by atoms with Gasteiger partial charge < -0.3 is 29.2 Å². The number of hydrogen-bond acceptors (Lipinski definition) is 7. The first kappa shape index (κ1) is 30.0. The molecule has 10 nitrogen and oxygen atoms in total. The van der Waals surface area contributed by atoms with E-state index < -0.39 is 45.9 Å². The van der Waals surface area contributed by atoms with Gasteiger partial charge in [-0.3, -0.25) is 14.1 Å². The zero-order valence-electron chi connectivity index (χ0n) is 23.8. The smallest absolute Gasteiger partial charge is 0.329 e. The number of nitrogens with zero attached hydrogens (tertiary/aromatic N) is 3. The van der Waals surface area contributed by atoms with Crippen LogP contribution in [0.1, 0.15) is 49.5 Å². The van der Waals surface area contributed by atoms with Crippen LogP contribution in [0, 0.1) is 5.82 Å². The van der Waals surface area contributed by atoms with E-state index in [9.17, 15) is 28.7 Å². The number of carbonyl (C=O) groups excluding carboxylic acids is 4. The Hall–Kier alpha value is -3.99. The van der Waals surface area contributed by atoms with E-state index in [1.807, 2.05) is 6.07 Å². The van der Waals surface area contributed by atoms with Gasteiger partial charge in [0.25, 0.3) is 12.0 Å². The van der Waals surface area contributed by atoms with Crippen molar-refractivity contribution in [2.45, 2.75) is 57.8 Å². The van der Waals surface area contributed by atoms with Gasteiger partial charge in [0.05, 0.1) is 17.6 Å². The minimum absolute atomic E-state index is 0.0183. The van der Waals surface area contributed by atoms with Crippen molar-refractivity contribution in [1.29, 1.82) is 0 Å². The second-order valence-electron chi connectivity index (χ2n) is 11.6. The van der Waals surface area contributed by atoms with E-state index in [4.69, 9.17) is 9.47 Å². The van der Waals surface area contributed by atoms with Crippen LogP contribution in [0.4, 0.5) is 9.18 Å². The number of ether oxygens (including phenoxy) is 2. The van der Waals surface area contributed by atoms with Crippen molar-refractivity contribution in [2.24, 2.45) is 0 Å². The Balaban J connectivity index is 1.68. The number of halogens is 1. The molecule has 220 valence electrons. The highest BCUT2D eigenvalue weighted by Crippen LogP contribution is 2.32. The minimum atomic E-state index is -1.25. The molecule has 1 unspecified atom stereocenters. The Bertz CT molecular complexity index is 1310. The maximum Gasteiger partial charge on any atom is 0.329 e. The molecular formula is C30H36FN3O7. The van der Waals surface area contributed by atoms with Crippen LogP contribution in [-0.2, 0) is 20.9 Å². The predicted octanol–water partition coefficient (Wildman–Crippen LogP) is 2.35. The fourth-order valence-electron chi connectivity index (χ4n) is 5.54. The molecule has 1 fully saturated rings. The molecule has 2 heterocycles. The molecule has 0 spiro atoms. The second-order valence-corrected chi connectivity index (χ2v) is 11.6. The van der Waals surface area contributed by atoms with Gasteiger partial charge in [0.1, 0.15) is 50.0 Å². The van der Waals surface area contributed by atoms with Gasteiger partial charge in [-0.25, -0.2) is 9.18 Å². The summed E-state index contributed by atoms with van der Waals surface area (Å²) in [5, 5.41) is 12.4. The normalized spacial score (nSPS) is 23.8. The molecule has 2 aliphatic rings. The van der Waals surface area contributed by atoms with Crippen molar-refractivity contribution in [3.8, 4) is 5.75 Å². The van der Waals surface area contributed by atoms with Crippen LogP contribution >= 0.6 is 0 Å². The summed E-state index contributed by atoms with van der Waals surface area (Å²) in [5.74, 6) is -2.29. The molecule has 0 bridgehead atoms. The van der Waals surface area contributed by atoms with Crippen LogP contribution in [0.15, 0.2) is 48.5 Å². The molecule has 2 aromatic rings. The number of hydrogen-bond donors (Lipinski definition) is 0. The van der Waals surface area contributed by atoms with Crippen molar-refractivity contribution in [2.75, 3.05) is 33.3 Å². The number of benzene rings is 2. The maximum absolute atomic E-state index is 14.3. The van der Waals surface area contributed by atoms with Crippen molar-refractivity contribution in [3.63, 3.8) is 0 Å². The zero-order valence-corrected chi connectivity index (χ0v) is 23.8. The van der Waals surface area contributed by atoms with Gasteiger partial charge in [0.15, 0.2) is 0 Å². The summed E-state index contributed by atoms with van der Waals surface area (Å²) >= 11 is 0. The number of carbonyl (C=O) groups is 4. The van der Waals surface area contributed by atoms with Gasteiger partial charge in [-0.1, -0.05) is 30.3 Å². The Morgan fingerprint density at radius 1 is 1.15 bits per heavy atom. The molecule has 2 aliphatic heterocycles. The van der Waals surface area contributed by atoms with E-state index in [1.165, 1.54) is 13.1 Å². The number of likely N-dealkylation sites (N-methyl/N-ethyl adjacent to an activating group) is 1. The number of amides is 3. The van der Waals surface area contributed by atoms with Gasteiger partial charge >= 0.3 is 5.97 Å². The maximum atomic E-state index is 14.3.